The molecule has 3 atom stereocenters. The van der Waals surface area contributed by atoms with Crippen LogP contribution in [0.3, 0.4) is 0 Å². The lowest BCUT2D eigenvalue weighted by molar-refractivity contribution is -0.143. The lowest BCUT2D eigenvalue weighted by atomic mass is 9.68. The maximum Gasteiger partial charge on any atom is 0.241 e. The van der Waals surface area contributed by atoms with Gasteiger partial charge in [-0.3, -0.25) is 14.4 Å². The van der Waals surface area contributed by atoms with Gasteiger partial charge in [-0.2, -0.15) is 0 Å². The van der Waals surface area contributed by atoms with Crippen molar-refractivity contribution >= 4 is 46.3 Å². The fourth-order valence-corrected chi connectivity index (χ4v) is 5.60. The number of benzene rings is 1. The first-order valence-electron chi connectivity index (χ1n) is 10.5. The highest BCUT2D eigenvalue weighted by Gasteiger charge is 2.68. The molecule has 3 aliphatic rings. The SMILES string of the molecule is CC1(C)[C@@H]2CC[C@]1(C(=O)NC(=S)Nc1ccccc1NC(=O)[C@@H]1CCCN1)C(=O)C2. The van der Waals surface area contributed by atoms with Crippen LogP contribution in [0, 0.1) is 16.7 Å². The van der Waals surface area contributed by atoms with Gasteiger partial charge in [-0.15, -0.1) is 0 Å². The fraction of sp³-hybridized carbons (Fsp3) is 0.545. The zero-order valence-electron chi connectivity index (χ0n) is 17.3. The summed E-state index contributed by atoms with van der Waals surface area (Å²) in [5, 5.41) is 12.0. The Balaban J connectivity index is 1.44. The van der Waals surface area contributed by atoms with Crippen LogP contribution in [0.25, 0.3) is 0 Å². The van der Waals surface area contributed by atoms with Gasteiger partial charge in [-0.1, -0.05) is 26.0 Å². The molecule has 2 amide bonds. The second kappa shape index (κ2) is 7.74. The second-order valence-corrected chi connectivity index (χ2v) is 9.49. The van der Waals surface area contributed by atoms with Crippen molar-refractivity contribution in [1.29, 1.82) is 0 Å². The minimum Gasteiger partial charge on any atom is -0.331 e. The summed E-state index contributed by atoms with van der Waals surface area (Å²) in [6, 6.07) is 7.01. The lowest BCUT2D eigenvalue weighted by Gasteiger charge is -2.34. The highest BCUT2D eigenvalue weighted by atomic mass is 32.1. The number of ketones is 1. The van der Waals surface area contributed by atoms with Gasteiger partial charge in [-0.05, 0) is 67.9 Å². The molecule has 1 saturated heterocycles. The number of fused-ring (bicyclic) bond motifs is 2. The molecule has 0 radical (unpaired) electrons. The molecule has 1 heterocycles. The van der Waals surface area contributed by atoms with Gasteiger partial charge in [-0.25, -0.2) is 0 Å². The minimum atomic E-state index is -1.01. The smallest absolute Gasteiger partial charge is 0.241 e. The Morgan fingerprint density at radius 2 is 1.83 bits per heavy atom. The van der Waals surface area contributed by atoms with Crippen molar-refractivity contribution in [3.63, 3.8) is 0 Å². The Bertz CT molecular complexity index is 909. The van der Waals surface area contributed by atoms with Crippen molar-refractivity contribution in [2.45, 2.75) is 52.0 Å². The van der Waals surface area contributed by atoms with Crippen molar-refractivity contribution in [3.8, 4) is 0 Å². The van der Waals surface area contributed by atoms with E-state index in [-0.39, 0.29) is 40.1 Å². The Labute approximate surface area is 181 Å². The zero-order valence-corrected chi connectivity index (χ0v) is 18.2. The maximum atomic E-state index is 13.2. The summed E-state index contributed by atoms with van der Waals surface area (Å²) < 4.78 is 0. The van der Waals surface area contributed by atoms with Crippen LogP contribution < -0.4 is 21.3 Å². The van der Waals surface area contributed by atoms with Crippen LogP contribution >= 0.6 is 12.2 Å². The first-order valence-corrected chi connectivity index (χ1v) is 11.0. The van der Waals surface area contributed by atoms with Gasteiger partial charge < -0.3 is 21.3 Å². The van der Waals surface area contributed by atoms with Crippen LogP contribution in [-0.2, 0) is 14.4 Å². The van der Waals surface area contributed by atoms with Gasteiger partial charge in [0, 0.05) is 6.42 Å². The van der Waals surface area contributed by atoms with Crippen molar-refractivity contribution < 1.29 is 14.4 Å². The van der Waals surface area contributed by atoms with E-state index in [1.807, 2.05) is 26.0 Å². The van der Waals surface area contributed by atoms with E-state index < -0.39 is 5.41 Å². The van der Waals surface area contributed by atoms with E-state index >= 15 is 0 Å². The van der Waals surface area contributed by atoms with Crippen LogP contribution in [0.2, 0.25) is 0 Å². The molecule has 1 aliphatic heterocycles. The number of thiocarbonyl (C=S) groups is 1. The fourth-order valence-electron chi connectivity index (χ4n) is 5.40. The summed E-state index contributed by atoms with van der Waals surface area (Å²) in [6.45, 7) is 4.85. The first kappa shape index (κ1) is 20.9. The van der Waals surface area contributed by atoms with Gasteiger partial charge in [0.05, 0.1) is 17.4 Å². The highest BCUT2D eigenvalue weighted by molar-refractivity contribution is 7.80. The van der Waals surface area contributed by atoms with Gasteiger partial charge in [0.2, 0.25) is 11.8 Å². The quantitative estimate of drug-likeness (QED) is 0.435. The molecule has 4 rings (SSSR count). The van der Waals surface area contributed by atoms with Gasteiger partial charge in [0.15, 0.2) is 5.11 Å². The van der Waals surface area contributed by atoms with Gasteiger partial charge in [0.25, 0.3) is 0 Å². The number of anilines is 2. The molecule has 4 N–H and O–H groups in total. The summed E-state index contributed by atoms with van der Waals surface area (Å²) in [6.07, 6.45) is 3.70. The number of carbonyl (C=O) groups is 3. The Hall–Kier alpha value is -2.32. The minimum absolute atomic E-state index is 0.0146. The highest BCUT2D eigenvalue weighted by Crippen LogP contribution is 2.63. The number of hydrogen-bond acceptors (Lipinski definition) is 5. The number of carbonyl (C=O) groups excluding carboxylic acids is 3. The largest absolute Gasteiger partial charge is 0.331 e. The predicted octanol–water partition coefficient (Wildman–Crippen LogP) is 2.59. The van der Waals surface area contributed by atoms with E-state index in [0.29, 0.717) is 24.2 Å². The standard InChI is InChI=1S/C22H28N4O3S/c1-21(2)13-9-10-22(21,17(27)12-13)19(29)26-20(30)25-15-7-4-3-6-14(15)24-18(28)16-8-5-11-23-16/h3-4,6-7,13,16,23H,5,8-12H2,1-2H3,(H,24,28)(H2,25,26,29,30)/t13-,16+,22-/m1/s1. The molecule has 160 valence electrons. The molecule has 7 nitrogen and oxygen atoms in total. The molecule has 0 aromatic heterocycles. The van der Waals surface area contributed by atoms with Gasteiger partial charge >= 0.3 is 0 Å². The van der Waals surface area contributed by atoms with Crippen molar-refractivity contribution in [3.05, 3.63) is 24.3 Å². The average molecular weight is 429 g/mol. The average Bonchev–Trinajstić information content (AvgIpc) is 3.36. The molecular weight excluding hydrogens is 400 g/mol. The third-order valence-electron chi connectivity index (χ3n) is 7.32. The molecule has 1 aromatic rings. The Morgan fingerprint density at radius 3 is 2.40 bits per heavy atom. The third-order valence-corrected chi connectivity index (χ3v) is 7.52. The van der Waals surface area contributed by atoms with Gasteiger partial charge in [0.1, 0.15) is 11.2 Å². The predicted molar refractivity (Wildman–Crippen MR) is 119 cm³/mol. The molecule has 2 aliphatic carbocycles. The number of amides is 2. The van der Waals surface area contributed by atoms with Crippen LogP contribution in [0.4, 0.5) is 11.4 Å². The molecule has 2 bridgehead atoms. The molecule has 8 heteroatoms. The Morgan fingerprint density at radius 1 is 1.13 bits per heavy atom. The summed E-state index contributed by atoms with van der Waals surface area (Å²) in [5.74, 6) is -0.157. The van der Waals surface area contributed by atoms with Crippen LogP contribution in [0.1, 0.15) is 46.0 Å². The molecule has 0 unspecified atom stereocenters. The van der Waals surface area contributed by atoms with Crippen molar-refractivity contribution in [1.82, 2.24) is 10.6 Å². The number of hydrogen-bond donors (Lipinski definition) is 4. The normalized spacial score (nSPS) is 28.9. The van der Waals surface area contributed by atoms with Crippen LogP contribution in [-0.4, -0.2) is 35.3 Å². The lowest BCUT2D eigenvalue weighted by Crippen LogP contribution is -2.52. The molecule has 0 spiro atoms. The summed E-state index contributed by atoms with van der Waals surface area (Å²) in [4.78, 5) is 38.3. The van der Waals surface area contributed by atoms with E-state index in [4.69, 9.17) is 12.2 Å². The number of para-hydroxylation sites is 2. The van der Waals surface area contributed by atoms with E-state index in [1.165, 1.54) is 0 Å². The van der Waals surface area contributed by atoms with Crippen LogP contribution in [0.15, 0.2) is 24.3 Å². The number of nitrogens with one attached hydrogen (secondary N) is 4. The molecule has 3 fully saturated rings. The molecule has 2 saturated carbocycles. The van der Waals surface area contributed by atoms with Crippen molar-refractivity contribution in [2.75, 3.05) is 17.2 Å². The number of Topliss-reactive ketones (excluding diaryl/α,β-unsaturated/α-hetero) is 1. The monoisotopic (exact) mass is 428 g/mol. The topological polar surface area (TPSA) is 99.3 Å². The molecule has 1 aromatic carbocycles. The van der Waals surface area contributed by atoms with E-state index in [1.54, 1.807) is 12.1 Å². The number of rotatable bonds is 4. The van der Waals surface area contributed by atoms with Crippen LogP contribution in [0.5, 0.6) is 0 Å². The summed E-state index contributed by atoms with van der Waals surface area (Å²) >= 11 is 5.37. The second-order valence-electron chi connectivity index (χ2n) is 9.08. The first-order chi connectivity index (χ1) is 14.3. The van der Waals surface area contributed by atoms with E-state index in [0.717, 1.165) is 25.8 Å². The summed E-state index contributed by atoms with van der Waals surface area (Å²) in [7, 11) is 0. The summed E-state index contributed by atoms with van der Waals surface area (Å²) in [5.41, 5.74) is -0.202. The van der Waals surface area contributed by atoms with Crippen molar-refractivity contribution in [2.24, 2.45) is 16.7 Å². The molecule has 30 heavy (non-hydrogen) atoms. The maximum absolute atomic E-state index is 13.2. The molecular formula is C22H28N4O3S. The third kappa shape index (κ3) is 3.32. The van der Waals surface area contributed by atoms with E-state index in [2.05, 4.69) is 21.3 Å². The Kier molecular flexibility index (Phi) is 5.40. The zero-order chi connectivity index (χ0) is 21.5. The van der Waals surface area contributed by atoms with E-state index in [9.17, 15) is 14.4 Å².